The van der Waals surface area contributed by atoms with Gasteiger partial charge in [0.25, 0.3) is 11.8 Å². The summed E-state index contributed by atoms with van der Waals surface area (Å²) < 4.78 is 5.42. The smallest absolute Gasteiger partial charge is 0.258 e. The van der Waals surface area contributed by atoms with Crippen molar-refractivity contribution in [2.45, 2.75) is 26.3 Å². The summed E-state index contributed by atoms with van der Waals surface area (Å²) in [5, 5.41) is 3.23. The standard InChI is InChI=1S/C19H21ClN2O3/c1-3-13-4-6-14(7-5-13)12(2)22-18(23)11-25-17-9-8-15(20)10-16(17)19(21)24/h4-10,12H,3,11H2,1-2H3,(H2,21,24)(H,22,23). The first kappa shape index (κ1) is 18.8. The number of benzene rings is 2. The molecule has 0 saturated heterocycles. The predicted molar refractivity (Wildman–Crippen MR) is 97.8 cm³/mol. The van der Waals surface area contributed by atoms with Crippen molar-refractivity contribution >= 4 is 23.4 Å². The van der Waals surface area contributed by atoms with Gasteiger partial charge in [-0.05, 0) is 42.7 Å². The van der Waals surface area contributed by atoms with E-state index >= 15 is 0 Å². The molecule has 0 bridgehead atoms. The fraction of sp³-hybridized carbons (Fsp3) is 0.263. The molecule has 5 nitrogen and oxygen atoms in total. The molecule has 0 saturated carbocycles. The van der Waals surface area contributed by atoms with Crippen LogP contribution in [0.5, 0.6) is 5.75 Å². The zero-order chi connectivity index (χ0) is 18.4. The maximum absolute atomic E-state index is 12.1. The average Bonchev–Trinajstić information content (AvgIpc) is 2.60. The van der Waals surface area contributed by atoms with Gasteiger partial charge in [0.05, 0.1) is 11.6 Å². The normalized spacial score (nSPS) is 11.6. The minimum atomic E-state index is -0.665. The van der Waals surface area contributed by atoms with Crippen LogP contribution in [0.1, 0.15) is 41.4 Å². The maximum Gasteiger partial charge on any atom is 0.258 e. The molecular weight excluding hydrogens is 340 g/mol. The Morgan fingerprint density at radius 2 is 1.88 bits per heavy atom. The Bertz CT molecular complexity index is 760. The van der Waals surface area contributed by atoms with Crippen LogP contribution in [0.2, 0.25) is 5.02 Å². The molecule has 0 aliphatic carbocycles. The third-order valence-electron chi connectivity index (χ3n) is 3.83. The van der Waals surface area contributed by atoms with Gasteiger partial charge in [0.1, 0.15) is 5.75 Å². The zero-order valence-corrected chi connectivity index (χ0v) is 15.0. The highest BCUT2D eigenvalue weighted by Gasteiger charge is 2.14. The highest BCUT2D eigenvalue weighted by Crippen LogP contribution is 2.22. The summed E-state index contributed by atoms with van der Waals surface area (Å²) in [5.74, 6) is -0.730. The molecule has 2 aromatic carbocycles. The summed E-state index contributed by atoms with van der Waals surface area (Å²) >= 11 is 5.84. The number of hydrogen-bond acceptors (Lipinski definition) is 3. The second-order valence-electron chi connectivity index (χ2n) is 5.68. The largest absolute Gasteiger partial charge is 0.483 e. The summed E-state index contributed by atoms with van der Waals surface area (Å²) in [5.41, 5.74) is 7.69. The van der Waals surface area contributed by atoms with E-state index in [0.717, 1.165) is 12.0 Å². The molecule has 6 heteroatoms. The SMILES string of the molecule is CCc1ccc(C(C)NC(=O)COc2ccc(Cl)cc2C(N)=O)cc1. The van der Waals surface area contributed by atoms with E-state index in [-0.39, 0.29) is 29.9 Å². The van der Waals surface area contributed by atoms with Gasteiger partial charge in [-0.3, -0.25) is 9.59 Å². The van der Waals surface area contributed by atoms with Crippen LogP contribution >= 0.6 is 11.6 Å². The lowest BCUT2D eigenvalue weighted by Crippen LogP contribution is -2.31. The van der Waals surface area contributed by atoms with E-state index in [1.807, 2.05) is 31.2 Å². The first-order valence-electron chi connectivity index (χ1n) is 8.01. The number of hydrogen-bond donors (Lipinski definition) is 2. The van der Waals surface area contributed by atoms with Gasteiger partial charge in [0, 0.05) is 5.02 Å². The van der Waals surface area contributed by atoms with Gasteiger partial charge in [-0.15, -0.1) is 0 Å². The Morgan fingerprint density at radius 3 is 2.48 bits per heavy atom. The molecule has 0 aliphatic heterocycles. The van der Waals surface area contributed by atoms with E-state index < -0.39 is 5.91 Å². The average molecular weight is 361 g/mol. The summed E-state index contributed by atoms with van der Waals surface area (Å²) in [6.45, 7) is 3.77. The first-order valence-corrected chi connectivity index (χ1v) is 8.38. The van der Waals surface area contributed by atoms with Crippen molar-refractivity contribution in [3.63, 3.8) is 0 Å². The van der Waals surface area contributed by atoms with E-state index in [2.05, 4.69) is 12.2 Å². The number of rotatable bonds is 7. The van der Waals surface area contributed by atoms with E-state index in [1.54, 1.807) is 6.07 Å². The molecule has 2 amide bonds. The topological polar surface area (TPSA) is 81.4 Å². The number of nitrogens with one attached hydrogen (secondary N) is 1. The first-order chi connectivity index (χ1) is 11.9. The van der Waals surface area contributed by atoms with Gasteiger partial charge in [-0.25, -0.2) is 0 Å². The molecule has 0 aromatic heterocycles. The lowest BCUT2D eigenvalue weighted by atomic mass is 10.1. The van der Waals surface area contributed by atoms with Crippen LogP contribution in [0.3, 0.4) is 0 Å². The third-order valence-corrected chi connectivity index (χ3v) is 4.07. The molecule has 0 radical (unpaired) electrons. The van der Waals surface area contributed by atoms with E-state index in [1.165, 1.54) is 17.7 Å². The number of ether oxygens (including phenoxy) is 1. The molecule has 2 aromatic rings. The van der Waals surface area contributed by atoms with Crippen LogP contribution in [0, 0.1) is 0 Å². The molecule has 25 heavy (non-hydrogen) atoms. The predicted octanol–water partition coefficient (Wildman–Crippen LogP) is 3.26. The van der Waals surface area contributed by atoms with Crippen LogP contribution in [0.25, 0.3) is 0 Å². The van der Waals surface area contributed by atoms with Crippen molar-refractivity contribution < 1.29 is 14.3 Å². The molecule has 0 heterocycles. The molecule has 0 aliphatic rings. The number of aryl methyl sites for hydroxylation is 1. The van der Waals surface area contributed by atoms with Gasteiger partial charge in [-0.1, -0.05) is 42.8 Å². The Kier molecular flexibility index (Phi) is 6.42. The van der Waals surface area contributed by atoms with Crippen molar-refractivity contribution in [2.24, 2.45) is 5.73 Å². The molecular formula is C19H21ClN2O3. The number of halogens is 1. The second kappa shape index (κ2) is 8.53. The Hall–Kier alpha value is -2.53. The molecule has 1 atom stereocenters. The lowest BCUT2D eigenvalue weighted by molar-refractivity contribution is -0.123. The molecule has 0 spiro atoms. The highest BCUT2D eigenvalue weighted by atomic mass is 35.5. The summed E-state index contributed by atoms with van der Waals surface area (Å²) in [6.07, 6.45) is 0.970. The Morgan fingerprint density at radius 1 is 1.20 bits per heavy atom. The highest BCUT2D eigenvalue weighted by molar-refractivity contribution is 6.31. The van der Waals surface area contributed by atoms with Gasteiger partial charge in [0.2, 0.25) is 0 Å². The fourth-order valence-corrected chi connectivity index (χ4v) is 2.54. The number of nitrogens with two attached hydrogens (primary N) is 1. The number of amides is 2. The van der Waals surface area contributed by atoms with Gasteiger partial charge in [-0.2, -0.15) is 0 Å². The van der Waals surface area contributed by atoms with Crippen LogP contribution in [0.4, 0.5) is 0 Å². The van der Waals surface area contributed by atoms with Crippen molar-refractivity contribution in [1.29, 1.82) is 0 Å². The van der Waals surface area contributed by atoms with Crippen molar-refractivity contribution in [1.82, 2.24) is 5.32 Å². The van der Waals surface area contributed by atoms with Crippen molar-refractivity contribution in [3.05, 3.63) is 64.2 Å². The monoisotopic (exact) mass is 360 g/mol. The van der Waals surface area contributed by atoms with Crippen molar-refractivity contribution in [3.8, 4) is 5.75 Å². The lowest BCUT2D eigenvalue weighted by Gasteiger charge is -2.16. The van der Waals surface area contributed by atoms with Crippen LogP contribution < -0.4 is 15.8 Å². The van der Waals surface area contributed by atoms with Gasteiger partial charge < -0.3 is 15.8 Å². The van der Waals surface area contributed by atoms with Crippen LogP contribution in [-0.2, 0) is 11.2 Å². The number of carbonyl (C=O) groups is 2. The fourth-order valence-electron chi connectivity index (χ4n) is 2.37. The molecule has 132 valence electrons. The van der Waals surface area contributed by atoms with E-state index in [4.69, 9.17) is 22.1 Å². The molecule has 1 unspecified atom stereocenters. The minimum absolute atomic E-state index is 0.142. The van der Waals surface area contributed by atoms with Gasteiger partial charge in [0.15, 0.2) is 6.61 Å². The summed E-state index contributed by atoms with van der Waals surface area (Å²) in [6, 6.07) is 12.4. The summed E-state index contributed by atoms with van der Waals surface area (Å²) in [7, 11) is 0. The quantitative estimate of drug-likeness (QED) is 0.795. The van der Waals surface area contributed by atoms with Crippen LogP contribution in [0.15, 0.2) is 42.5 Å². The van der Waals surface area contributed by atoms with E-state index in [0.29, 0.717) is 5.02 Å². The van der Waals surface area contributed by atoms with E-state index in [9.17, 15) is 9.59 Å². The summed E-state index contributed by atoms with van der Waals surface area (Å²) in [4.78, 5) is 23.5. The number of carbonyl (C=O) groups excluding carboxylic acids is 2. The van der Waals surface area contributed by atoms with Crippen LogP contribution in [-0.4, -0.2) is 18.4 Å². The molecule has 0 fully saturated rings. The third kappa shape index (κ3) is 5.22. The van der Waals surface area contributed by atoms with Crippen molar-refractivity contribution in [2.75, 3.05) is 6.61 Å². The number of primary amides is 1. The Balaban J connectivity index is 1.95. The minimum Gasteiger partial charge on any atom is -0.483 e. The molecule has 3 N–H and O–H groups in total. The maximum atomic E-state index is 12.1. The molecule has 2 rings (SSSR count). The zero-order valence-electron chi connectivity index (χ0n) is 14.2. The Labute approximate surface area is 152 Å². The van der Waals surface area contributed by atoms with Gasteiger partial charge >= 0.3 is 0 Å². The second-order valence-corrected chi connectivity index (χ2v) is 6.11.